The van der Waals surface area contributed by atoms with Crippen LogP contribution in [-0.4, -0.2) is 48.6 Å². The van der Waals surface area contributed by atoms with Gasteiger partial charge in [-0.25, -0.2) is 9.78 Å². The van der Waals surface area contributed by atoms with Gasteiger partial charge in [0, 0.05) is 30.4 Å². The summed E-state index contributed by atoms with van der Waals surface area (Å²) in [4.78, 5) is 32.2. The van der Waals surface area contributed by atoms with Crippen LogP contribution in [-0.2, 0) is 9.53 Å². The highest BCUT2D eigenvalue weighted by Gasteiger charge is 2.21. The SMILES string of the molecule is COCCN(CC(=O)Nc1ncc(C)s1)C(=O)Nc1c(C(C)C)cccc1C(C)C. The van der Waals surface area contributed by atoms with Gasteiger partial charge in [-0.3, -0.25) is 4.79 Å². The van der Waals surface area contributed by atoms with E-state index >= 15 is 0 Å². The van der Waals surface area contributed by atoms with Gasteiger partial charge < -0.3 is 20.3 Å². The van der Waals surface area contributed by atoms with Crippen molar-refractivity contribution in [2.45, 2.75) is 46.5 Å². The lowest BCUT2D eigenvalue weighted by Gasteiger charge is -2.25. The number of nitrogens with zero attached hydrogens (tertiary/aromatic N) is 2. The molecule has 0 aliphatic carbocycles. The number of para-hydroxylation sites is 1. The molecule has 0 aliphatic heterocycles. The van der Waals surface area contributed by atoms with E-state index in [9.17, 15) is 9.59 Å². The van der Waals surface area contributed by atoms with E-state index in [-0.39, 0.29) is 30.3 Å². The number of anilines is 2. The van der Waals surface area contributed by atoms with Gasteiger partial charge in [-0.2, -0.15) is 0 Å². The molecule has 0 unspecified atom stereocenters. The summed E-state index contributed by atoms with van der Waals surface area (Å²) in [6.45, 7) is 10.9. The summed E-state index contributed by atoms with van der Waals surface area (Å²) in [5.41, 5.74) is 2.97. The molecular formula is C22H32N4O3S. The van der Waals surface area contributed by atoms with Crippen LogP contribution in [0.25, 0.3) is 0 Å². The van der Waals surface area contributed by atoms with Crippen LogP contribution in [0.2, 0.25) is 0 Å². The van der Waals surface area contributed by atoms with Gasteiger partial charge in [0.25, 0.3) is 0 Å². The maximum absolute atomic E-state index is 13.1. The Kier molecular flexibility index (Phi) is 8.80. The van der Waals surface area contributed by atoms with Gasteiger partial charge in [-0.05, 0) is 29.9 Å². The first-order chi connectivity index (χ1) is 14.2. The largest absolute Gasteiger partial charge is 0.383 e. The monoisotopic (exact) mass is 432 g/mol. The Labute approximate surface area is 182 Å². The summed E-state index contributed by atoms with van der Waals surface area (Å²) in [5.74, 6) is 0.211. The number of methoxy groups -OCH3 is 1. The molecule has 0 saturated carbocycles. The number of hydrogen-bond donors (Lipinski definition) is 2. The van der Waals surface area contributed by atoms with Crippen molar-refractivity contribution in [3.8, 4) is 0 Å². The zero-order valence-electron chi connectivity index (χ0n) is 18.6. The molecule has 2 aromatic rings. The summed E-state index contributed by atoms with van der Waals surface area (Å²) in [6, 6.07) is 5.76. The molecule has 0 bridgehead atoms. The fraction of sp³-hybridized carbons (Fsp3) is 0.500. The highest BCUT2D eigenvalue weighted by molar-refractivity contribution is 7.15. The van der Waals surface area contributed by atoms with E-state index in [2.05, 4.69) is 43.3 Å². The second-order valence-corrected chi connectivity index (χ2v) is 9.02. The van der Waals surface area contributed by atoms with Crippen LogP contribution < -0.4 is 10.6 Å². The number of thiazole rings is 1. The molecule has 1 aromatic carbocycles. The fourth-order valence-corrected chi connectivity index (χ4v) is 3.76. The lowest BCUT2D eigenvalue weighted by atomic mass is 9.93. The number of ether oxygens (including phenoxy) is 1. The number of amides is 3. The Morgan fingerprint density at radius 3 is 2.27 bits per heavy atom. The summed E-state index contributed by atoms with van der Waals surface area (Å²) in [5, 5.41) is 6.34. The van der Waals surface area contributed by atoms with Crippen molar-refractivity contribution in [3.63, 3.8) is 0 Å². The molecule has 1 aromatic heterocycles. The number of rotatable bonds is 9. The lowest BCUT2D eigenvalue weighted by Crippen LogP contribution is -2.42. The second-order valence-electron chi connectivity index (χ2n) is 7.79. The Bertz CT molecular complexity index is 838. The minimum Gasteiger partial charge on any atom is -0.383 e. The van der Waals surface area contributed by atoms with E-state index in [1.807, 2.05) is 25.1 Å². The first-order valence-electron chi connectivity index (χ1n) is 10.1. The Hall–Kier alpha value is -2.45. The van der Waals surface area contributed by atoms with E-state index in [0.717, 1.165) is 21.7 Å². The van der Waals surface area contributed by atoms with Gasteiger partial charge >= 0.3 is 6.03 Å². The highest BCUT2D eigenvalue weighted by Crippen LogP contribution is 2.32. The number of aryl methyl sites for hydroxylation is 1. The number of nitrogens with one attached hydrogen (secondary N) is 2. The van der Waals surface area contributed by atoms with Crippen molar-refractivity contribution in [2.24, 2.45) is 0 Å². The predicted octanol–water partition coefficient (Wildman–Crippen LogP) is 4.82. The molecule has 3 amide bonds. The molecule has 0 spiro atoms. The molecule has 1 heterocycles. The molecule has 0 aliphatic rings. The minimum atomic E-state index is -0.326. The predicted molar refractivity (Wildman–Crippen MR) is 123 cm³/mol. The molecular weight excluding hydrogens is 400 g/mol. The third-order valence-electron chi connectivity index (χ3n) is 4.66. The van der Waals surface area contributed by atoms with Gasteiger partial charge in [0.2, 0.25) is 5.91 Å². The maximum Gasteiger partial charge on any atom is 0.322 e. The normalized spacial score (nSPS) is 11.1. The molecule has 0 saturated heterocycles. The summed E-state index contributed by atoms with van der Waals surface area (Å²) < 4.78 is 5.14. The van der Waals surface area contributed by atoms with Gasteiger partial charge in [0.1, 0.15) is 6.54 Å². The standard InChI is InChI=1S/C22H32N4O3S/c1-14(2)17-8-7-9-18(15(3)4)20(17)25-22(28)26(10-11-29-6)13-19(27)24-21-23-12-16(5)30-21/h7-9,12,14-15H,10-11,13H2,1-6H3,(H,25,28)(H,23,24,27). The Morgan fingerprint density at radius 1 is 1.13 bits per heavy atom. The number of urea groups is 1. The van der Waals surface area contributed by atoms with Gasteiger partial charge in [-0.15, -0.1) is 11.3 Å². The third kappa shape index (κ3) is 6.53. The summed E-state index contributed by atoms with van der Waals surface area (Å²) in [6.07, 6.45) is 1.70. The van der Waals surface area contributed by atoms with E-state index in [1.165, 1.54) is 16.2 Å². The molecule has 0 radical (unpaired) electrons. The van der Waals surface area contributed by atoms with E-state index in [0.29, 0.717) is 18.3 Å². The number of hydrogen-bond acceptors (Lipinski definition) is 5. The first-order valence-corrected chi connectivity index (χ1v) is 10.9. The van der Waals surface area contributed by atoms with Crippen LogP contribution >= 0.6 is 11.3 Å². The van der Waals surface area contributed by atoms with Gasteiger partial charge in [0.05, 0.1) is 6.61 Å². The molecule has 0 fully saturated rings. The molecule has 0 atom stereocenters. The molecule has 30 heavy (non-hydrogen) atoms. The Balaban J connectivity index is 2.20. The van der Waals surface area contributed by atoms with Crippen molar-refractivity contribution >= 4 is 34.1 Å². The van der Waals surface area contributed by atoms with Crippen molar-refractivity contribution in [1.82, 2.24) is 9.88 Å². The number of aromatic nitrogens is 1. The summed E-state index contributed by atoms with van der Waals surface area (Å²) in [7, 11) is 1.57. The lowest BCUT2D eigenvalue weighted by molar-refractivity contribution is -0.116. The van der Waals surface area contributed by atoms with Gasteiger partial charge in [-0.1, -0.05) is 45.9 Å². The average molecular weight is 433 g/mol. The zero-order chi connectivity index (χ0) is 22.3. The first kappa shape index (κ1) is 23.8. The van der Waals surface area contributed by atoms with Crippen LogP contribution in [0.3, 0.4) is 0 Å². The fourth-order valence-electron chi connectivity index (χ4n) is 3.08. The molecule has 8 heteroatoms. The molecule has 2 rings (SSSR count). The van der Waals surface area contributed by atoms with Gasteiger partial charge in [0.15, 0.2) is 5.13 Å². The van der Waals surface area contributed by atoms with Crippen LogP contribution in [0.5, 0.6) is 0 Å². The van der Waals surface area contributed by atoms with E-state index in [4.69, 9.17) is 4.74 Å². The maximum atomic E-state index is 13.1. The quantitative estimate of drug-likeness (QED) is 0.595. The van der Waals surface area contributed by atoms with Crippen molar-refractivity contribution < 1.29 is 14.3 Å². The van der Waals surface area contributed by atoms with E-state index in [1.54, 1.807) is 13.3 Å². The van der Waals surface area contributed by atoms with E-state index < -0.39 is 0 Å². The topological polar surface area (TPSA) is 83.6 Å². The second kappa shape index (κ2) is 11.1. The average Bonchev–Trinajstić information content (AvgIpc) is 3.09. The van der Waals surface area contributed by atoms with Crippen LogP contribution in [0.15, 0.2) is 24.4 Å². The van der Waals surface area contributed by atoms with Crippen molar-refractivity contribution in [1.29, 1.82) is 0 Å². The number of carbonyl (C=O) groups excluding carboxylic acids is 2. The molecule has 2 N–H and O–H groups in total. The summed E-state index contributed by atoms with van der Waals surface area (Å²) >= 11 is 1.40. The smallest absolute Gasteiger partial charge is 0.322 e. The van der Waals surface area contributed by atoms with Crippen molar-refractivity contribution in [3.05, 3.63) is 40.4 Å². The molecule has 7 nitrogen and oxygen atoms in total. The van der Waals surface area contributed by atoms with Crippen molar-refractivity contribution in [2.75, 3.05) is 37.4 Å². The third-order valence-corrected chi connectivity index (χ3v) is 5.49. The molecule has 164 valence electrons. The Morgan fingerprint density at radius 2 is 1.77 bits per heavy atom. The van der Waals surface area contributed by atoms with Crippen LogP contribution in [0.1, 0.15) is 55.5 Å². The zero-order valence-corrected chi connectivity index (χ0v) is 19.4. The minimum absolute atomic E-state index is 0.0886. The number of carbonyl (C=O) groups is 2. The van der Waals surface area contributed by atoms with Crippen LogP contribution in [0.4, 0.5) is 15.6 Å². The highest BCUT2D eigenvalue weighted by atomic mass is 32.1. The number of benzene rings is 1. The van der Waals surface area contributed by atoms with Crippen LogP contribution in [0, 0.1) is 6.92 Å².